The lowest BCUT2D eigenvalue weighted by atomic mass is 10.1. The molecule has 1 fully saturated rings. The first-order valence-corrected chi connectivity index (χ1v) is 5.53. The molecular weight excluding hydrogens is 186 g/mol. The molecule has 0 unspecified atom stereocenters. The van der Waals surface area contributed by atoms with Gasteiger partial charge >= 0.3 is 0 Å². The van der Waals surface area contributed by atoms with Gasteiger partial charge in [0.2, 0.25) is 0 Å². The number of piperazine rings is 1. The van der Waals surface area contributed by atoms with Crippen LogP contribution in [0.4, 0.5) is 0 Å². The topological polar surface area (TPSA) is 18.5 Å². The average Bonchev–Trinajstić information content (AvgIpc) is 2.12. The van der Waals surface area contributed by atoms with E-state index >= 15 is 0 Å². The van der Waals surface area contributed by atoms with E-state index in [0.717, 1.165) is 18.8 Å². The Bertz CT molecular complexity index is 235. The Morgan fingerprint density at radius 1 is 1.33 bits per heavy atom. The molecule has 0 aliphatic carbocycles. The molecule has 0 amide bonds. The summed E-state index contributed by atoms with van der Waals surface area (Å²) in [5.74, 6) is 0. The van der Waals surface area contributed by atoms with Crippen molar-refractivity contribution in [1.82, 2.24) is 15.1 Å². The molecule has 1 aliphatic heterocycles. The van der Waals surface area contributed by atoms with Crippen LogP contribution in [0.15, 0.2) is 24.6 Å². The van der Waals surface area contributed by atoms with Crippen molar-refractivity contribution in [2.24, 2.45) is 0 Å². The highest BCUT2D eigenvalue weighted by atomic mass is 15.2. The normalized spacial score (nSPS) is 27.1. The van der Waals surface area contributed by atoms with Crippen LogP contribution in [0.1, 0.15) is 13.8 Å². The third-order valence-electron chi connectivity index (χ3n) is 2.53. The first-order valence-electron chi connectivity index (χ1n) is 5.53. The minimum absolute atomic E-state index is 0.540. The van der Waals surface area contributed by atoms with E-state index in [0.29, 0.717) is 12.1 Å². The summed E-state index contributed by atoms with van der Waals surface area (Å²) in [5, 5.41) is 3.51. The van der Waals surface area contributed by atoms with Gasteiger partial charge in [0.1, 0.15) is 0 Å². The van der Waals surface area contributed by atoms with Crippen molar-refractivity contribution in [3.8, 4) is 0 Å². The zero-order valence-corrected chi connectivity index (χ0v) is 10.3. The lowest BCUT2D eigenvalue weighted by Gasteiger charge is -2.37. The molecule has 0 saturated carbocycles. The molecule has 0 aromatic rings. The van der Waals surface area contributed by atoms with E-state index in [1.165, 1.54) is 0 Å². The highest BCUT2D eigenvalue weighted by Gasteiger charge is 2.20. The maximum absolute atomic E-state index is 4.10. The van der Waals surface area contributed by atoms with Crippen molar-refractivity contribution >= 4 is 0 Å². The quantitative estimate of drug-likeness (QED) is 0.706. The third-order valence-corrected chi connectivity index (χ3v) is 2.53. The van der Waals surface area contributed by atoms with Crippen molar-refractivity contribution in [2.45, 2.75) is 25.9 Å². The minimum atomic E-state index is 0.540. The maximum atomic E-state index is 4.10. The molecule has 0 radical (unpaired) electrons. The Kier molecular flexibility index (Phi) is 4.21. The van der Waals surface area contributed by atoms with E-state index in [1.54, 1.807) is 0 Å². The van der Waals surface area contributed by atoms with Gasteiger partial charge in [-0.05, 0) is 19.9 Å². The lowest BCUT2D eigenvalue weighted by molar-refractivity contribution is 0.220. The molecule has 86 valence electrons. The molecule has 1 heterocycles. The molecule has 15 heavy (non-hydrogen) atoms. The van der Waals surface area contributed by atoms with E-state index in [-0.39, 0.29) is 0 Å². The number of hydrogen-bond acceptors (Lipinski definition) is 3. The molecule has 1 rings (SSSR count). The molecule has 2 atom stereocenters. The minimum Gasteiger partial charge on any atom is -0.383 e. The fourth-order valence-electron chi connectivity index (χ4n) is 1.90. The van der Waals surface area contributed by atoms with Crippen molar-refractivity contribution in [3.05, 3.63) is 24.6 Å². The van der Waals surface area contributed by atoms with Crippen molar-refractivity contribution in [3.63, 3.8) is 0 Å². The van der Waals surface area contributed by atoms with Crippen LogP contribution in [-0.4, -0.2) is 49.1 Å². The zero-order chi connectivity index (χ0) is 11.4. The van der Waals surface area contributed by atoms with Crippen LogP contribution in [0, 0.1) is 0 Å². The molecule has 3 heteroatoms. The molecule has 1 aliphatic rings. The molecule has 0 aromatic carbocycles. The van der Waals surface area contributed by atoms with Gasteiger partial charge in [-0.15, -0.1) is 0 Å². The molecular formula is C12H23N3. The summed E-state index contributed by atoms with van der Waals surface area (Å²) in [7, 11) is 4.04. The Morgan fingerprint density at radius 2 is 1.87 bits per heavy atom. The van der Waals surface area contributed by atoms with E-state index in [1.807, 2.05) is 25.2 Å². The summed E-state index contributed by atoms with van der Waals surface area (Å²) in [5.41, 5.74) is 1.10. The first-order chi connectivity index (χ1) is 6.99. The summed E-state index contributed by atoms with van der Waals surface area (Å²) in [4.78, 5) is 4.37. The summed E-state index contributed by atoms with van der Waals surface area (Å²) in [6.45, 7) is 10.6. The number of rotatable bonds is 3. The predicted molar refractivity (Wildman–Crippen MR) is 65.6 cm³/mol. The summed E-state index contributed by atoms with van der Waals surface area (Å²) in [6, 6.07) is 1.08. The van der Waals surface area contributed by atoms with E-state index in [9.17, 15) is 0 Å². The summed E-state index contributed by atoms with van der Waals surface area (Å²) >= 11 is 0. The van der Waals surface area contributed by atoms with Crippen LogP contribution in [0.2, 0.25) is 0 Å². The predicted octanol–water partition coefficient (Wildman–Crippen LogP) is 1.26. The van der Waals surface area contributed by atoms with Gasteiger partial charge in [-0.1, -0.05) is 6.58 Å². The molecule has 0 spiro atoms. The van der Waals surface area contributed by atoms with Gasteiger partial charge in [0.25, 0.3) is 0 Å². The molecule has 0 aromatic heterocycles. The number of hydrogen-bond donors (Lipinski definition) is 1. The monoisotopic (exact) mass is 209 g/mol. The molecule has 1 saturated heterocycles. The van der Waals surface area contributed by atoms with Crippen LogP contribution in [0.5, 0.6) is 0 Å². The molecule has 0 bridgehead atoms. The fraction of sp³-hybridized carbons (Fsp3) is 0.667. The Morgan fingerprint density at radius 3 is 2.33 bits per heavy atom. The van der Waals surface area contributed by atoms with Crippen LogP contribution in [0.3, 0.4) is 0 Å². The zero-order valence-electron chi connectivity index (χ0n) is 10.3. The first kappa shape index (κ1) is 12.1. The maximum Gasteiger partial charge on any atom is 0.0329 e. The van der Waals surface area contributed by atoms with Gasteiger partial charge in [0, 0.05) is 51.2 Å². The van der Waals surface area contributed by atoms with Crippen molar-refractivity contribution in [1.29, 1.82) is 0 Å². The van der Waals surface area contributed by atoms with Crippen molar-refractivity contribution < 1.29 is 0 Å². The second kappa shape index (κ2) is 5.21. The average molecular weight is 209 g/mol. The number of nitrogens with one attached hydrogen (secondary N) is 1. The fourth-order valence-corrected chi connectivity index (χ4v) is 1.90. The smallest absolute Gasteiger partial charge is 0.0329 e. The van der Waals surface area contributed by atoms with Crippen LogP contribution in [0.25, 0.3) is 0 Å². The van der Waals surface area contributed by atoms with Gasteiger partial charge in [0.05, 0.1) is 0 Å². The van der Waals surface area contributed by atoms with E-state index in [4.69, 9.17) is 0 Å². The largest absolute Gasteiger partial charge is 0.383 e. The van der Waals surface area contributed by atoms with Crippen LogP contribution in [-0.2, 0) is 0 Å². The summed E-state index contributed by atoms with van der Waals surface area (Å²) in [6.07, 6.45) is 4.12. The highest BCUT2D eigenvalue weighted by molar-refractivity contribution is 5.14. The number of nitrogens with zero attached hydrogens (tertiary/aromatic N) is 2. The van der Waals surface area contributed by atoms with Gasteiger partial charge < -0.3 is 15.1 Å². The SMILES string of the molecule is C=C(/C=C\N(C)C)N1C[C@@H](C)N[C@@H](C)C1. The Balaban J connectivity index is 2.52. The molecule has 1 N–H and O–H groups in total. The van der Waals surface area contributed by atoms with Gasteiger partial charge in [0.15, 0.2) is 0 Å². The molecule has 3 nitrogen and oxygen atoms in total. The lowest BCUT2D eigenvalue weighted by Crippen LogP contribution is -2.53. The van der Waals surface area contributed by atoms with Gasteiger partial charge in [-0.3, -0.25) is 0 Å². The third kappa shape index (κ3) is 3.96. The van der Waals surface area contributed by atoms with Gasteiger partial charge in [-0.25, -0.2) is 0 Å². The number of allylic oxidation sites excluding steroid dienone is 1. The van der Waals surface area contributed by atoms with E-state index in [2.05, 4.69) is 36.7 Å². The van der Waals surface area contributed by atoms with Crippen molar-refractivity contribution in [2.75, 3.05) is 27.2 Å². The second-order valence-corrected chi connectivity index (χ2v) is 4.64. The van der Waals surface area contributed by atoms with Crippen LogP contribution >= 0.6 is 0 Å². The summed E-state index contributed by atoms with van der Waals surface area (Å²) < 4.78 is 0. The highest BCUT2D eigenvalue weighted by Crippen LogP contribution is 2.11. The van der Waals surface area contributed by atoms with Crippen LogP contribution < -0.4 is 5.32 Å². The van der Waals surface area contributed by atoms with E-state index < -0.39 is 0 Å². The Hall–Kier alpha value is -0.960. The van der Waals surface area contributed by atoms with Gasteiger partial charge in [-0.2, -0.15) is 0 Å². The second-order valence-electron chi connectivity index (χ2n) is 4.64. The standard InChI is InChI=1S/C12H23N3/c1-10-8-15(9-11(2)13-10)12(3)6-7-14(4)5/h6-7,10-11,13H,3,8-9H2,1-2,4-5H3/b7-6-/t10-,11+. The Labute approximate surface area is 93.4 Å².